The zero-order valence-electron chi connectivity index (χ0n) is 8.03. The Kier molecular flexibility index (Phi) is 1.77. The number of rotatable bonds is 0. The summed E-state index contributed by atoms with van der Waals surface area (Å²) in [5.74, 6) is 0. The lowest BCUT2D eigenvalue weighted by molar-refractivity contribution is -0.151. The van der Waals surface area contributed by atoms with Crippen LogP contribution < -0.4 is 5.73 Å². The van der Waals surface area contributed by atoms with Crippen molar-refractivity contribution in [1.29, 1.82) is 0 Å². The smallest absolute Gasteiger partial charge is 0.111 e. The van der Waals surface area contributed by atoms with Crippen molar-refractivity contribution in [2.24, 2.45) is 5.73 Å². The number of aliphatic hydroxyl groups excluding tert-OH is 2. The Hall–Kier alpha value is -0.160. The van der Waals surface area contributed by atoms with E-state index in [1.165, 1.54) is 0 Å². The lowest BCUT2D eigenvalue weighted by Crippen LogP contribution is -2.49. The number of nitrogens with two attached hydrogens (primary N) is 1. The third-order valence-electron chi connectivity index (χ3n) is 3.35. The van der Waals surface area contributed by atoms with Crippen LogP contribution in [0.1, 0.15) is 26.7 Å². The fraction of sp³-hybridized carbons (Fsp3) is 1.00. The van der Waals surface area contributed by atoms with Gasteiger partial charge in [0.15, 0.2) is 0 Å². The van der Waals surface area contributed by atoms with Crippen molar-refractivity contribution >= 4 is 0 Å². The monoisotopic (exact) mass is 187 g/mol. The van der Waals surface area contributed by atoms with Crippen LogP contribution in [0.25, 0.3) is 0 Å². The predicted octanol–water partition coefficient (Wildman–Crippen LogP) is -0.623. The van der Waals surface area contributed by atoms with Gasteiger partial charge >= 0.3 is 0 Å². The Bertz CT molecular complexity index is 213. The van der Waals surface area contributed by atoms with E-state index in [2.05, 4.69) is 0 Å². The number of hydrogen-bond donors (Lipinski definition) is 3. The molecule has 4 nitrogen and oxygen atoms in total. The van der Waals surface area contributed by atoms with Gasteiger partial charge in [-0.15, -0.1) is 0 Å². The van der Waals surface area contributed by atoms with Crippen LogP contribution >= 0.6 is 0 Å². The summed E-state index contributed by atoms with van der Waals surface area (Å²) in [4.78, 5) is 0. The Morgan fingerprint density at radius 1 is 1.15 bits per heavy atom. The first-order valence-electron chi connectivity index (χ1n) is 4.69. The van der Waals surface area contributed by atoms with Crippen LogP contribution in [0.15, 0.2) is 0 Å². The molecule has 2 bridgehead atoms. The third-order valence-corrected chi connectivity index (χ3v) is 3.35. The quantitative estimate of drug-likeness (QED) is 0.472. The second-order valence-electron chi connectivity index (χ2n) is 4.79. The molecule has 2 aliphatic rings. The van der Waals surface area contributed by atoms with Crippen molar-refractivity contribution in [2.75, 3.05) is 0 Å². The average Bonchev–Trinajstić information content (AvgIpc) is 2.08. The maximum absolute atomic E-state index is 9.78. The largest absolute Gasteiger partial charge is 0.387 e. The van der Waals surface area contributed by atoms with Crippen molar-refractivity contribution in [3.8, 4) is 0 Å². The summed E-state index contributed by atoms with van der Waals surface area (Å²) in [6, 6.07) is 0.00977. The highest BCUT2D eigenvalue weighted by molar-refractivity contribution is 5.11. The molecule has 2 rings (SSSR count). The van der Waals surface area contributed by atoms with Gasteiger partial charge in [-0.1, -0.05) is 0 Å². The maximum Gasteiger partial charge on any atom is 0.111 e. The molecule has 4 heteroatoms. The topological polar surface area (TPSA) is 75.7 Å². The molecule has 2 aliphatic heterocycles. The van der Waals surface area contributed by atoms with Crippen LogP contribution in [-0.4, -0.2) is 39.7 Å². The van der Waals surface area contributed by atoms with Crippen molar-refractivity contribution in [3.63, 3.8) is 0 Å². The van der Waals surface area contributed by atoms with Gasteiger partial charge in [-0.05, 0) is 26.7 Å². The number of hydrogen-bond acceptors (Lipinski definition) is 4. The van der Waals surface area contributed by atoms with E-state index in [1.54, 1.807) is 0 Å². The summed E-state index contributed by atoms with van der Waals surface area (Å²) in [6.07, 6.45) is -0.404. The van der Waals surface area contributed by atoms with Gasteiger partial charge < -0.3 is 20.7 Å². The number of ether oxygens (including phenoxy) is 1. The van der Waals surface area contributed by atoms with E-state index < -0.39 is 23.4 Å². The van der Waals surface area contributed by atoms with Gasteiger partial charge in [0.2, 0.25) is 0 Å². The molecule has 4 N–H and O–H groups in total. The minimum absolute atomic E-state index is 0.00977. The molecule has 0 spiro atoms. The Balaban J connectivity index is 2.35. The normalized spacial score (nSPS) is 61.2. The average molecular weight is 187 g/mol. The zero-order chi connectivity index (χ0) is 9.85. The molecule has 0 aromatic carbocycles. The van der Waals surface area contributed by atoms with Gasteiger partial charge in [0.25, 0.3) is 0 Å². The molecule has 0 aromatic heterocycles. The lowest BCUT2D eigenvalue weighted by atomic mass is 9.90. The van der Waals surface area contributed by atoms with Crippen molar-refractivity contribution in [3.05, 3.63) is 0 Å². The van der Waals surface area contributed by atoms with E-state index in [0.717, 1.165) is 0 Å². The van der Waals surface area contributed by atoms with E-state index >= 15 is 0 Å². The van der Waals surface area contributed by atoms with Gasteiger partial charge in [-0.3, -0.25) is 0 Å². The minimum Gasteiger partial charge on any atom is -0.387 e. The highest BCUT2D eigenvalue weighted by Crippen LogP contribution is 2.47. The second kappa shape index (κ2) is 2.45. The summed E-state index contributed by atoms with van der Waals surface area (Å²) < 4.78 is 5.69. The zero-order valence-corrected chi connectivity index (χ0v) is 8.03. The molecule has 0 aromatic rings. The molecule has 5 atom stereocenters. The standard InChI is InChI=1S/C9H17NO3/c1-8-3-5(10)4-9(2,13-8)7(12)6(8)11/h5-7,11-12H,3-4,10H2,1-2H3/t5?,6?,7?,8-,9?/m0/s1. The Morgan fingerprint density at radius 3 is 1.92 bits per heavy atom. The third kappa shape index (κ3) is 1.13. The summed E-state index contributed by atoms with van der Waals surface area (Å²) in [7, 11) is 0. The minimum atomic E-state index is -0.814. The molecule has 4 unspecified atom stereocenters. The maximum atomic E-state index is 9.78. The van der Waals surface area contributed by atoms with Crippen LogP contribution in [0, 0.1) is 0 Å². The first-order valence-corrected chi connectivity index (χ1v) is 4.69. The number of aliphatic hydroxyl groups is 2. The first-order chi connectivity index (χ1) is 5.87. The Morgan fingerprint density at radius 2 is 1.54 bits per heavy atom. The molecule has 0 aliphatic carbocycles. The fourth-order valence-corrected chi connectivity index (χ4v) is 2.76. The lowest BCUT2D eigenvalue weighted by Gasteiger charge is -2.39. The molecular weight excluding hydrogens is 170 g/mol. The van der Waals surface area contributed by atoms with Gasteiger partial charge in [-0.2, -0.15) is 0 Å². The molecule has 2 fully saturated rings. The highest BCUT2D eigenvalue weighted by atomic mass is 16.6. The summed E-state index contributed by atoms with van der Waals surface area (Å²) >= 11 is 0. The fourth-order valence-electron chi connectivity index (χ4n) is 2.76. The van der Waals surface area contributed by atoms with E-state index in [1.807, 2.05) is 13.8 Å². The Labute approximate surface area is 77.7 Å². The molecule has 2 saturated heterocycles. The van der Waals surface area contributed by atoms with Gasteiger partial charge in [0.05, 0.1) is 11.2 Å². The summed E-state index contributed by atoms with van der Waals surface area (Å²) in [5, 5.41) is 19.6. The van der Waals surface area contributed by atoms with Crippen molar-refractivity contribution < 1.29 is 14.9 Å². The van der Waals surface area contributed by atoms with E-state index in [-0.39, 0.29) is 6.04 Å². The second-order valence-corrected chi connectivity index (χ2v) is 4.79. The highest BCUT2D eigenvalue weighted by Gasteiger charge is 2.61. The van der Waals surface area contributed by atoms with Crippen molar-refractivity contribution in [1.82, 2.24) is 0 Å². The molecule has 13 heavy (non-hydrogen) atoms. The van der Waals surface area contributed by atoms with E-state index in [9.17, 15) is 10.2 Å². The van der Waals surface area contributed by atoms with Gasteiger partial charge in [-0.25, -0.2) is 0 Å². The van der Waals surface area contributed by atoms with Gasteiger partial charge in [0.1, 0.15) is 12.2 Å². The molecule has 0 radical (unpaired) electrons. The van der Waals surface area contributed by atoms with Crippen LogP contribution in [-0.2, 0) is 4.74 Å². The van der Waals surface area contributed by atoms with Crippen LogP contribution in [0.3, 0.4) is 0 Å². The SMILES string of the molecule is CC12CC(N)C[C@](C)(O1)C(O)C2O. The van der Waals surface area contributed by atoms with Crippen LogP contribution in [0.2, 0.25) is 0 Å². The van der Waals surface area contributed by atoms with Crippen LogP contribution in [0.4, 0.5) is 0 Å². The first kappa shape index (κ1) is 9.40. The predicted molar refractivity (Wildman–Crippen MR) is 47.1 cm³/mol. The summed E-state index contributed by atoms with van der Waals surface area (Å²) in [6.45, 7) is 3.62. The molecule has 0 saturated carbocycles. The van der Waals surface area contributed by atoms with Crippen LogP contribution in [0.5, 0.6) is 0 Å². The molecule has 76 valence electrons. The van der Waals surface area contributed by atoms with Crippen molar-refractivity contribution in [2.45, 2.75) is 56.1 Å². The van der Waals surface area contributed by atoms with E-state index in [0.29, 0.717) is 12.8 Å². The van der Waals surface area contributed by atoms with Gasteiger partial charge in [0, 0.05) is 6.04 Å². The molecular formula is C9H17NO3. The number of fused-ring (bicyclic) bond motifs is 2. The molecule has 2 heterocycles. The molecule has 0 amide bonds. The summed E-state index contributed by atoms with van der Waals surface area (Å²) in [5.41, 5.74) is 4.53. The van der Waals surface area contributed by atoms with E-state index in [4.69, 9.17) is 10.5 Å².